The van der Waals surface area contributed by atoms with Gasteiger partial charge in [0.2, 0.25) is 5.95 Å². The van der Waals surface area contributed by atoms with Crippen molar-refractivity contribution >= 4 is 29.2 Å². The van der Waals surface area contributed by atoms with E-state index >= 15 is 0 Å². The summed E-state index contributed by atoms with van der Waals surface area (Å²) >= 11 is 0. The fraction of sp³-hybridized carbons (Fsp3) is 0.286. The van der Waals surface area contributed by atoms with Gasteiger partial charge in [0, 0.05) is 19.3 Å². The number of hydrogen-bond donors (Lipinski definition) is 3. The van der Waals surface area contributed by atoms with E-state index in [0.29, 0.717) is 11.6 Å². The third-order valence-corrected chi connectivity index (χ3v) is 5.14. The molecule has 0 atom stereocenters. The van der Waals surface area contributed by atoms with E-state index < -0.39 is 5.91 Å². The van der Waals surface area contributed by atoms with E-state index in [2.05, 4.69) is 42.7 Å². The zero-order valence-electron chi connectivity index (χ0n) is 17.6. The first-order valence-electron chi connectivity index (χ1n) is 9.83. The molecule has 0 saturated heterocycles. The first-order chi connectivity index (χ1) is 14.9. The Balaban J connectivity index is 1.68. The number of pyridine rings is 1. The maximum Gasteiger partial charge on any atom is 0.273 e. The number of fused-ring (bicyclic) bond motifs is 1. The number of rotatable bonds is 6. The highest BCUT2D eigenvalue weighted by Crippen LogP contribution is 2.33. The molecule has 31 heavy (non-hydrogen) atoms. The molecular formula is C21H24N8O2. The van der Waals surface area contributed by atoms with Crippen LogP contribution in [0.5, 0.6) is 5.75 Å². The van der Waals surface area contributed by atoms with Crippen LogP contribution in [0.2, 0.25) is 0 Å². The van der Waals surface area contributed by atoms with Crippen LogP contribution in [0, 0.1) is 6.92 Å². The molecule has 1 aromatic carbocycles. The normalized spacial score (nSPS) is 13.4. The van der Waals surface area contributed by atoms with E-state index in [-0.39, 0.29) is 17.5 Å². The molecule has 0 aliphatic carbocycles. The van der Waals surface area contributed by atoms with Crippen LogP contribution < -0.4 is 21.1 Å². The highest BCUT2D eigenvalue weighted by atomic mass is 16.5. The van der Waals surface area contributed by atoms with Gasteiger partial charge in [0.05, 0.1) is 12.8 Å². The Labute approximate surface area is 179 Å². The summed E-state index contributed by atoms with van der Waals surface area (Å²) in [6.07, 6.45) is 2.58. The molecule has 0 saturated carbocycles. The minimum Gasteiger partial charge on any atom is -0.495 e. The molecule has 0 spiro atoms. The number of methoxy groups -OCH3 is 1. The quantitative estimate of drug-likeness (QED) is 0.549. The molecular weight excluding hydrogens is 396 g/mol. The summed E-state index contributed by atoms with van der Waals surface area (Å²) in [7, 11) is 3.71. The van der Waals surface area contributed by atoms with Crippen molar-refractivity contribution in [3.63, 3.8) is 0 Å². The molecule has 0 bridgehead atoms. The van der Waals surface area contributed by atoms with Crippen LogP contribution in [-0.4, -0.2) is 51.7 Å². The molecule has 0 radical (unpaired) electrons. The van der Waals surface area contributed by atoms with Crippen molar-refractivity contribution in [1.82, 2.24) is 25.1 Å². The van der Waals surface area contributed by atoms with E-state index in [1.807, 2.05) is 31.2 Å². The number of hydrogen-bond acceptors (Lipinski definition) is 9. The van der Waals surface area contributed by atoms with Gasteiger partial charge in [-0.3, -0.25) is 4.79 Å². The van der Waals surface area contributed by atoms with E-state index in [0.717, 1.165) is 30.8 Å². The molecule has 10 nitrogen and oxygen atoms in total. The molecule has 10 heteroatoms. The zero-order valence-corrected chi connectivity index (χ0v) is 17.6. The highest BCUT2D eigenvalue weighted by Gasteiger charge is 2.19. The number of nitrogens with two attached hydrogens (primary N) is 1. The summed E-state index contributed by atoms with van der Waals surface area (Å²) in [6, 6.07) is 7.78. The minimum absolute atomic E-state index is 0.0731. The molecule has 0 fully saturated rings. The second-order valence-corrected chi connectivity index (χ2v) is 7.42. The molecule has 4 rings (SSSR count). The van der Waals surface area contributed by atoms with Crippen LogP contribution in [0.4, 0.5) is 23.3 Å². The van der Waals surface area contributed by atoms with E-state index in [9.17, 15) is 4.79 Å². The number of nitrogens with one attached hydrogen (secondary N) is 2. The Morgan fingerprint density at radius 3 is 2.77 bits per heavy atom. The number of ether oxygens (including phenoxy) is 1. The summed E-state index contributed by atoms with van der Waals surface area (Å²) in [4.78, 5) is 22.8. The van der Waals surface area contributed by atoms with Crippen molar-refractivity contribution in [3.05, 3.63) is 52.8 Å². The molecule has 3 aromatic rings. The fourth-order valence-electron chi connectivity index (χ4n) is 3.48. The van der Waals surface area contributed by atoms with Gasteiger partial charge < -0.3 is 26.0 Å². The van der Waals surface area contributed by atoms with Crippen LogP contribution in [0.1, 0.15) is 27.2 Å². The summed E-state index contributed by atoms with van der Waals surface area (Å²) in [5, 5.41) is 14.2. The third-order valence-electron chi connectivity index (χ3n) is 5.14. The van der Waals surface area contributed by atoms with Crippen LogP contribution in [-0.2, 0) is 13.0 Å². The summed E-state index contributed by atoms with van der Waals surface area (Å²) in [5.41, 5.74) is 9.46. The van der Waals surface area contributed by atoms with Crippen molar-refractivity contribution in [2.45, 2.75) is 19.9 Å². The Morgan fingerprint density at radius 1 is 1.19 bits per heavy atom. The number of amides is 1. The third kappa shape index (κ3) is 4.38. The van der Waals surface area contributed by atoms with Gasteiger partial charge in [0.15, 0.2) is 11.5 Å². The predicted molar refractivity (Wildman–Crippen MR) is 117 cm³/mol. The Morgan fingerprint density at radius 2 is 2.03 bits per heavy atom. The molecule has 4 N–H and O–H groups in total. The Kier molecular flexibility index (Phi) is 5.63. The molecule has 2 aromatic heterocycles. The van der Waals surface area contributed by atoms with Gasteiger partial charge in [-0.05, 0) is 55.3 Å². The van der Waals surface area contributed by atoms with Crippen LogP contribution >= 0.6 is 0 Å². The molecule has 160 valence electrons. The van der Waals surface area contributed by atoms with Crippen molar-refractivity contribution in [2.75, 3.05) is 31.3 Å². The average Bonchev–Trinajstić information content (AvgIpc) is 2.75. The van der Waals surface area contributed by atoms with E-state index in [1.165, 1.54) is 11.1 Å². The van der Waals surface area contributed by atoms with Gasteiger partial charge in [0.1, 0.15) is 11.6 Å². The van der Waals surface area contributed by atoms with Crippen molar-refractivity contribution in [2.24, 2.45) is 5.73 Å². The lowest BCUT2D eigenvalue weighted by atomic mass is 9.99. The number of likely N-dealkylation sites (N-methyl/N-ethyl adjacent to an activating group) is 1. The lowest BCUT2D eigenvalue weighted by molar-refractivity contribution is 0.0995. The molecule has 0 unspecified atom stereocenters. The summed E-state index contributed by atoms with van der Waals surface area (Å²) in [5.74, 6) is 0.856. The monoisotopic (exact) mass is 420 g/mol. The first kappa shape index (κ1) is 20.5. The maximum absolute atomic E-state index is 11.8. The molecule has 1 aliphatic heterocycles. The number of aryl methyl sites for hydroxylation is 1. The van der Waals surface area contributed by atoms with Crippen LogP contribution in [0.15, 0.2) is 30.5 Å². The minimum atomic E-state index is -0.738. The topological polar surface area (TPSA) is 131 Å². The van der Waals surface area contributed by atoms with Crippen LogP contribution in [0.25, 0.3) is 0 Å². The number of nitrogens with zero attached hydrogens (tertiary/aromatic N) is 5. The smallest absolute Gasteiger partial charge is 0.273 e. The standard InChI is InChI=1S/C21H24N8O2/c1-12-5-4-7-23-19(12)25-20-17(18(22)30)27-28-21(26-20)24-15-9-13-6-8-29(2)11-14(13)10-16(15)31-3/h4-5,7,9-10H,6,8,11H2,1-3H3,(H2,22,30)(H2,23,24,25,26,28). The SMILES string of the molecule is COc1cc2c(cc1Nc1nnc(C(N)=O)c(Nc3ncccc3C)n1)CCN(C)C2. The number of aromatic nitrogens is 4. The van der Waals surface area contributed by atoms with Gasteiger partial charge in [0.25, 0.3) is 5.91 Å². The van der Waals surface area contributed by atoms with Gasteiger partial charge in [-0.25, -0.2) is 4.98 Å². The van der Waals surface area contributed by atoms with E-state index in [4.69, 9.17) is 10.5 Å². The molecule has 1 aliphatic rings. The Hall–Kier alpha value is -3.79. The number of carbonyl (C=O) groups excluding carboxylic acids is 1. The highest BCUT2D eigenvalue weighted by molar-refractivity contribution is 5.96. The van der Waals surface area contributed by atoms with Gasteiger partial charge >= 0.3 is 0 Å². The number of benzene rings is 1. The maximum atomic E-state index is 11.8. The van der Waals surface area contributed by atoms with Crippen molar-refractivity contribution in [1.29, 1.82) is 0 Å². The number of carbonyl (C=O) groups is 1. The summed E-state index contributed by atoms with van der Waals surface area (Å²) < 4.78 is 5.57. The van der Waals surface area contributed by atoms with Crippen molar-refractivity contribution in [3.8, 4) is 5.75 Å². The molecule has 3 heterocycles. The fourth-order valence-corrected chi connectivity index (χ4v) is 3.48. The second-order valence-electron chi connectivity index (χ2n) is 7.42. The summed E-state index contributed by atoms with van der Waals surface area (Å²) in [6.45, 7) is 3.75. The van der Waals surface area contributed by atoms with Crippen LogP contribution in [0.3, 0.4) is 0 Å². The van der Waals surface area contributed by atoms with Gasteiger partial charge in [-0.15, -0.1) is 10.2 Å². The van der Waals surface area contributed by atoms with Crippen molar-refractivity contribution < 1.29 is 9.53 Å². The second kappa shape index (κ2) is 8.52. The largest absolute Gasteiger partial charge is 0.495 e. The first-order valence-corrected chi connectivity index (χ1v) is 9.83. The van der Waals surface area contributed by atoms with Gasteiger partial charge in [-0.2, -0.15) is 4.98 Å². The lowest BCUT2D eigenvalue weighted by Crippen LogP contribution is -2.26. The van der Waals surface area contributed by atoms with E-state index in [1.54, 1.807) is 13.3 Å². The lowest BCUT2D eigenvalue weighted by Gasteiger charge is -2.26. The molecule has 1 amide bonds. The average molecular weight is 420 g/mol. The number of primary amides is 1. The zero-order chi connectivity index (χ0) is 22.0. The predicted octanol–water partition coefficient (Wildman–Crippen LogP) is 2.16. The Bertz CT molecular complexity index is 1130. The van der Waals surface area contributed by atoms with Gasteiger partial charge in [-0.1, -0.05) is 6.07 Å². The number of anilines is 4.